The fourth-order valence-electron chi connectivity index (χ4n) is 2.42. The molecule has 0 bridgehead atoms. The normalized spacial score (nSPS) is 11.3. The lowest BCUT2D eigenvalue weighted by molar-refractivity contribution is 0.314. The van der Waals surface area contributed by atoms with Gasteiger partial charge in [0.15, 0.2) is 4.34 Å². The highest BCUT2D eigenvalue weighted by Crippen LogP contribution is 2.20. The first-order chi connectivity index (χ1) is 11.6. The van der Waals surface area contributed by atoms with E-state index < -0.39 is 0 Å². The maximum Gasteiger partial charge on any atom is 0.275 e. The van der Waals surface area contributed by atoms with Crippen LogP contribution in [0, 0.1) is 0 Å². The van der Waals surface area contributed by atoms with Crippen molar-refractivity contribution in [3.8, 4) is 5.75 Å². The summed E-state index contributed by atoms with van der Waals surface area (Å²) < 4.78 is 7.45. The van der Waals surface area contributed by atoms with E-state index in [9.17, 15) is 4.79 Å². The van der Waals surface area contributed by atoms with Crippen LogP contribution in [-0.2, 0) is 13.1 Å². The summed E-state index contributed by atoms with van der Waals surface area (Å²) in [7, 11) is 3.66. The van der Waals surface area contributed by atoms with Crippen LogP contribution in [0.4, 0.5) is 0 Å². The fraction of sp³-hybridized carbons (Fsp3) is 0.312. The number of benzene rings is 1. The molecule has 6 nitrogen and oxygen atoms in total. The minimum atomic E-state index is -0.138. The Labute approximate surface area is 148 Å². The zero-order valence-corrected chi connectivity index (χ0v) is 15.4. The molecule has 0 aliphatic carbocycles. The summed E-state index contributed by atoms with van der Waals surface area (Å²) >= 11 is 2.94. The van der Waals surface area contributed by atoms with E-state index in [1.807, 2.05) is 31.5 Å². The molecular formula is C16H18N4O2S2. The molecule has 8 heteroatoms. The molecule has 2 heterocycles. The number of hydrogen-bond acceptors (Lipinski definition) is 7. The standard InChI is InChI=1S/C16H18N4O2S2/c1-19(9-11-5-4-6-13(7-11)22-2)10-12-8-14(21)20-15(17-12)24-16(18-20)23-3/h4-8H,9-10H2,1-3H3. The van der Waals surface area contributed by atoms with E-state index in [0.717, 1.165) is 27.9 Å². The summed E-state index contributed by atoms with van der Waals surface area (Å²) in [6.45, 7) is 1.34. The third-order valence-corrected chi connectivity index (χ3v) is 5.36. The van der Waals surface area contributed by atoms with E-state index in [1.165, 1.54) is 27.6 Å². The molecule has 2 aromatic heterocycles. The quantitative estimate of drug-likeness (QED) is 0.628. The van der Waals surface area contributed by atoms with Gasteiger partial charge < -0.3 is 4.74 Å². The highest BCUT2D eigenvalue weighted by atomic mass is 32.2. The minimum absolute atomic E-state index is 0.138. The predicted octanol–water partition coefficient (Wildman–Crippen LogP) is 2.51. The first-order valence-electron chi connectivity index (χ1n) is 7.34. The Kier molecular flexibility index (Phi) is 5.17. The molecule has 0 spiro atoms. The van der Waals surface area contributed by atoms with Gasteiger partial charge in [-0.2, -0.15) is 4.52 Å². The molecule has 0 aliphatic rings. The number of thioether (sulfide) groups is 1. The molecule has 0 aliphatic heterocycles. The second-order valence-electron chi connectivity index (χ2n) is 5.38. The smallest absolute Gasteiger partial charge is 0.275 e. The SMILES string of the molecule is COc1cccc(CN(C)Cc2cc(=O)n3nc(SC)sc3n2)c1. The zero-order valence-electron chi connectivity index (χ0n) is 13.7. The second kappa shape index (κ2) is 7.33. The van der Waals surface area contributed by atoms with Crippen LogP contribution in [0.15, 0.2) is 39.5 Å². The molecule has 0 radical (unpaired) electrons. The van der Waals surface area contributed by atoms with Crippen molar-refractivity contribution in [2.45, 2.75) is 17.4 Å². The number of ether oxygens (including phenoxy) is 1. The van der Waals surface area contributed by atoms with Gasteiger partial charge in [0.2, 0.25) is 4.96 Å². The summed E-state index contributed by atoms with van der Waals surface area (Å²) in [4.78, 5) is 19.5. The summed E-state index contributed by atoms with van der Waals surface area (Å²) in [5.41, 5.74) is 1.76. The van der Waals surface area contributed by atoms with Crippen molar-refractivity contribution < 1.29 is 4.74 Å². The summed E-state index contributed by atoms with van der Waals surface area (Å²) in [5.74, 6) is 0.841. The maximum absolute atomic E-state index is 12.2. The Hall–Kier alpha value is -1.90. The van der Waals surface area contributed by atoms with Gasteiger partial charge in [-0.05, 0) is 31.0 Å². The lowest BCUT2D eigenvalue weighted by Gasteiger charge is -2.16. The van der Waals surface area contributed by atoms with Gasteiger partial charge in [0, 0.05) is 19.2 Å². The molecule has 3 aromatic rings. The molecule has 1 aromatic carbocycles. The number of fused-ring (bicyclic) bond motifs is 1. The first kappa shape index (κ1) is 16.9. The molecule has 0 fully saturated rings. The third kappa shape index (κ3) is 3.77. The van der Waals surface area contributed by atoms with Gasteiger partial charge in [-0.25, -0.2) is 4.98 Å². The number of nitrogens with zero attached hydrogens (tertiary/aromatic N) is 4. The Morgan fingerprint density at radius 2 is 2.17 bits per heavy atom. The Morgan fingerprint density at radius 1 is 1.33 bits per heavy atom. The third-order valence-electron chi connectivity index (χ3n) is 3.47. The average molecular weight is 362 g/mol. The molecule has 0 amide bonds. The van der Waals surface area contributed by atoms with Gasteiger partial charge in [0.1, 0.15) is 5.75 Å². The van der Waals surface area contributed by atoms with Crippen LogP contribution in [0.1, 0.15) is 11.3 Å². The van der Waals surface area contributed by atoms with Crippen LogP contribution in [0.25, 0.3) is 4.96 Å². The van der Waals surface area contributed by atoms with E-state index in [0.29, 0.717) is 11.5 Å². The largest absolute Gasteiger partial charge is 0.497 e. The van der Waals surface area contributed by atoms with Gasteiger partial charge >= 0.3 is 0 Å². The Balaban J connectivity index is 1.77. The highest BCUT2D eigenvalue weighted by molar-refractivity contribution is 8.00. The van der Waals surface area contributed by atoms with E-state index in [4.69, 9.17) is 4.74 Å². The fourth-order valence-corrected chi connectivity index (χ4v) is 3.80. The van der Waals surface area contributed by atoms with Gasteiger partial charge in [-0.3, -0.25) is 9.69 Å². The monoisotopic (exact) mass is 362 g/mol. The molecule has 0 atom stereocenters. The lowest BCUT2D eigenvalue weighted by Crippen LogP contribution is -2.21. The van der Waals surface area contributed by atoms with Gasteiger partial charge in [-0.1, -0.05) is 35.2 Å². The van der Waals surface area contributed by atoms with Crippen molar-refractivity contribution in [2.75, 3.05) is 20.4 Å². The minimum Gasteiger partial charge on any atom is -0.497 e. The van der Waals surface area contributed by atoms with Crippen LogP contribution < -0.4 is 10.3 Å². The number of hydrogen-bond donors (Lipinski definition) is 0. The van der Waals surface area contributed by atoms with Crippen molar-refractivity contribution in [3.05, 3.63) is 51.9 Å². The topological polar surface area (TPSA) is 59.7 Å². The van der Waals surface area contributed by atoms with Gasteiger partial charge in [-0.15, -0.1) is 5.10 Å². The van der Waals surface area contributed by atoms with Crippen LogP contribution in [0.5, 0.6) is 5.75 Å². The van der Waals surface area contributed by atoms with E-state index in [2.05, 4.69) is 21.0 Å². The van der Waals surface area contributed by atoms with Crippen LogP contribution in [-0.4, -0.2) is 39.9 Å². The van der Waals surface area contributed by atoms with E-state index in [-0.39, 0.29) is 5.56 Å². The average Bonchev–Trinajstić information content (AvgIpc) is 2.98. The highest BCUT2D eigenvalue weighted by Gasteiger charge is 2.10. The predicted molar refractivity (Wildman–Crippen MR) is 97.1 cm³/mol. The molecular weight excluding hydrogens is 344 g/mol. The number of methoxy groups -OCH3 is 1. The maximum atomic E-state index is 12.2. The molecule has 3 rings (SSSR count). The number of rotatable bonds is 6. The van der Waals surface area contributed by atoms with Gasteiger partial charge in [0.05, 0.1) is 12.8 Å². The van der Waals surface area contributed by atoms with Gasteiger partial charge in [0.25, 0.3) is 5.56 Å². The van der Waals surface area contributed by atoms with Crippen molar-refractivity contribution in [1.82, 2.24) is 19.5 Å². The van der Waals surface area contributed by atoms with Crippen molar-refractivity contribution in [2.24, 2.45) is 0 Å². The molecule has 24 heavy (non-hydrogen) atoms. The van der Waals surface area contributed by atoms with Crippen LogP contribution >= 0.6 is 23.1 Å². The van der Waals surface area contributed by atoms with Crippen molar-refractivity contribution in [3.63, 3.8) is 0 Å². The Morgan fingerprint density at radius 3 is 2.92 bits per heavy atom. The second-order valence-corrected chi connectivity index (χ2v) is 7.39. The molecule has 0 saturated carbocycles. The molecule has 126 valence electrons. The molecule has 0 unspecified atom stereocenters. The number of aromatic nitrogens is 3. The van der Waals surface area contributed by atoms with E-state index >= 15 is 0 Å². The van der Waals surface area contributed by atoms with Crippen LogP contribution in [0.2, 0.25) is 0 Å². The first-order valence-corrected chi connectivity index (χ1v) is 9.38. The van der Waals surface area contributed by atoms with Crippen LogP contribution in [0.3, 0.4) is 0 Å². The molecule has 0 saturated heterocycles. The lowest BCUT2D eigenvalue weighted by atomic mass is 10.2. The van der Waals surface area contributed by atoms with Crippen molar-refractivity contribution >= 4 is 28.1 Å². The summed E-state index contributed by atoms with van der Waals surface area (Å²) in [6.07, 6.45) is 1.94. The summed E-state index contributed by atoms with van der Waals surface area (Å²) in [5, 5.41) is 4.23. The Bertz CT molecular complexity index is 906. The zero-order chi connectivity index (χ0) is 17.1. The summed E-state index contributed by atoms with van der Waals surface area (Å²) in [6, 6.07) is 9.51. The molecule has 0 N–H and O–H groups in total. The van der Waals surface area contributed by atoms with Crippen molar-refractivity contribution in [1.29, 1.82) is 0 Å². The van der Waals surface area contributed by atoms with E-state index in [1.54, 1.807) is 13.2 Å².